The summed E-state index contributed by atoms with van der Waals surface area (Å²) in [5, 5.41) is 0. The molecule has 0 aliphatic carbocycles. The van der Waals surface area contributed by atoms with E-state index in [9.17, 15) is 14.4 Å². The molecule has 0 spiro atoms. The van der Waals surface area contributed by atoms with Crippen molar-refractivity contribution in [2.45, 2.75) is 33.8 Å². The van der Waals surface area contributed by atoms with E-state index in [1.54, 1.807) is 39.8 Å². The predicted octanol–water partition coefficient (Wildman–Crippen LogP) is 2.55. The number of hydrogen-bond acceptors (Lipinski definition) is 5. The van der Waals surface area contributed by atoms with Gasteiger partial charge in [0, 0.05) is 18.8 Å². The van der Waals surface area contributed by atoms with E-state index in [0.717, 1.165) is 0 Å². The molecule has 0 aliphatic heterocycles. The van der Waals surface area contributed by atoms with Crippen LogP contribution in [0.15, 0.2) is 25.3 Å². The molecule has 0 bridgehead atoms. The van der Waals surface area contributed by atoms with E-state index in [0.29, 0.717) is 29.9 Å². The summed E-state index contributed by atoms with van der Waals surface area (Å²) in [5.41, 5.74) is 1.37. The molecule has 1 N–H and O–H groups in total. The number of carbonyl (C=O) groups excluding carboxylic acids is 3. The molecular formula is C19H26N2O5. The first-order valence-corrected chi connectivity index (χ1v) is 8.29. The zero-order valence-electron chi connectivity index (χ0n) is 15.8. The average molecular weight is 362 g/mol. The fraction of sp³-hybridized carbons (Fsp3) is 0.421. The van der Waals surface area contributed by atoms with E-state index in [1.807, 2.05) is 0 Å². The summed E-state index contributed by atoms with van der Waals surface area (Å²) in [6.07, 6.45) is 2.88. The van der Waals surface area contributed by atoms with Gasteiger partial charge in [-0.05, 0) is 33.3 Å². The number of esters is 2. The highest BCUT2D eigenvalue weighted by Gasteiger charge is 2.25. The van der Waals surface area contributed by atoms with Crippen LogP contribution in [0.2, 0.25) is 0 Å². The second kappa shape index (κ2) is 9.60. The lowest BCUT2D eigenvalue weighted by Crippen LogP contribution is -2.35. The Labute approximate surface area is 153 Å². The second-order valence-electron chi connectivity index (χ2n) is 6.03. The summed E-state index contributed by atoms with van der Waals surface area (Å²) >= 11 is 0. The van der Waals surface area contributed by atoms with Gasteiger partial charge in [-0.1, -0.05) is 12.2 Å². The molecule has 0 aromatic carbocycles. The minimum absolute atomic E-state index is 0.130. The molecule has 1 aromatic rings. The van der Waals surface area contributed by atoms with Crippen LogP contribution in [0, 0.1) is 13.8 Å². The molecule has 1 amide bonds. The fourth-order valence-electron chi connectivity index (χ4n) is 2.41. The van der Waals surface area contributed by atoms with E-state index >= 15 is 0 Å². The third kappa shape index (κ3) is 5.34. The Balaban J connectivity index is 2.85. The van der Waals surface area contributed by atoms with Gasteiger partial charge in [0.1, 0.15) is 5.69 Å². The Morgan fingerprint density at radius 2 is 1.69 bits per heavy atom. The number of aromatic amines is 1. The molecule has 1 aromatic heterocycles. The van der Waals surface area contributed by atoms with Crippen molar-refractivity contribution in [2.24, 2.45) is 0 Å². The number of hydrogen-bond donors (Lipinski definition) is 1. The normalized spacial score (nSPS) is 10.3. The number of aromatic nitrogens is 1. The second-order valence-corrected chi connectivity index (χ2v) is 6.03. The maximum absolute atomic E-state index is 12.3. The molecule has 1 rings (SSSR count). The lowest BCUT2D eigenvalue weighted by molar-refractivity contribution is -0.133. The van der Waals surface area contributed by atoms with Crippen LogP contribution in [-0.4, -0.2) is 53.5 Å². The largest absolute Gasteiger partial charge is 0.459 e. The van der Waals surface area contributed by atoms with Crippen molar-refractivity contribution in [3.05, 3.63) is 47.8 Å². The summed E-state index contributed by atoms with van der Waals surface area (Å²) in [7, 11) is 0. The van der Waals surface area contributed by atoms with Gasteiger partial charge >= 0.3 is 11.9 Å². The van der Waals surface area contributed by atoms with Crippen molar-refractivity contribution < 1.29 is 23.9 Å². The number of carbonyl (C=O) groups is 3. The molecular weight excluding hydrogens is 336 g/mol. The van der Waals surface area contributed by atoms with E-state index in [2.05, 4.69) is 18.1 Å². The summed E-state index contributed by atoms with van der Waals surface area (Å²) in [5.74, 6) is -1.58. The van der Waals surface area contributed by atoms with Crippen molar-refractivity contribution >= 4 is 17.8 Å². The maximum atomic E-state index is 12.3. The van der Waals surface area contributed by atoms with Gasteiger partial charge in [0.15, 0.2) is 6.61 Å². The van der Waals surface area contributed by atoms with Crippen LogP contribution in [0.3, 0.4) is 0 Å². The van der Waals surface area contributed by atoms with Gasteiger partial charge in [0.25, 0.3) is 5.91 Å². The zero-order chi connectivity index (χ0) is 19.9. The number of aryl methyl sites for hydroxylation is 1. The molecule has 0 saturated heterocycles. The van der Waals surface area contributed by atoms with E-state index in [4.69, 9.17) is 9.47 Å². The Morgan fingerprint density at radius 3 is 2.19 bits per heavy atom. The third-order valence-corrected chi connectivity index (χ3v) is 3.57. The molecule has 142 valence electrons. The molecule has 0 fully saturated rings. The Morgan fingerprint density at radius 1 is 1.12 bits per heavy atom. The first kappa shape index (κ1) is 21.2. The van der Waals surface area contributed by atoms with E-state index in [-0.39, 0.29) is 17.7 Å². The molecule has 0 aliphatic rings. The molecule has 1 heterocycles. The zero-order valence-corrected chi connectivity index (χ0v) is 15.8. The van der Waals surface area contributed by atoms with Crippen molar-refractivity contribution in [2.75, 3.05) is 19.7 Å². The van der Waals surface area contributed by atoms with Gasteiger partial charge in [-0.15, -0.1) is 13.2 Å². The van der Waals surface area contributed by atoms with E-state index in [1.165, 1.54) is 4.90 Å². The van der Waals surface area contributed by atoms with Crippen molar-refractivity contribution in [3.8, 4) is 0 Å². The van der Waals surface area contributed by atoms with Crippen LogP contribution >= 0.6 is 0 Å². The van der Waals surface area contributed by atoms with Gasteiger partial charge in [0.2, 0.25) is 0 Å². The van der Waals surface area contributed by atoms with Crippen molar-refractivity contribution in [1.82, 2.24) is 9.88 Å². The van der Waals surface area contributed by atoms with Crippen LogP contribution in [0.25, 0.3) is 0 Å². The average Bonchev–Trinajstić information content (AvgIpc) is 2.86. The summed E-state index contributed by atoms with van der Waals surface area (Å²) < 4.78 is 10.3. The first-order chi connectivity index (χ1) is 12.2. The quantitative estimate of drug-likeness (QED) is 0.539. The molecule has 26 heavy (non-hydrogen) atoms. The number of H-pyrrole nitrogens is 1. The minimum atomic E-state index is -0.709. The highest BCUT2D eigenvalue weighted by molar-refractivity contribution is 5.99. The van der Waals surface area contributed by atoms with E-state index < -0.39 is 18.5 Å². The molecule has 7 heteroatoms. The Bertz CT molecular complexity index is 693. The smallest absolute Gasteiger partial charge is 0.355 e. The lowest BCUT2D eigenvalue weighted by atomic mass is 10.1. The van der Waals surface area contributed by atoms with Crippen LogP contribution in [0.5, 0.6) is 0 Å². The van der Waals surface area contributed by atoms with Crippen molar-refractivity contribution in [3.63, 3.8) is 0 Å². The van der Waals surface area contributed by atoms with Crippen molar-refractivity contribution in [1.29, 1.82) is 0 Å². The van der Waals surface area contributed by atoms with Crippen LogP contribution in [0.4, 0.5) is 0 Å². The SMILES string of the molecule is C=CCN(CC=C)C(=O)COC(=O)c1[nH]c(C)c(C(=O)OC(C)C)c1C. The number of rotatable bonds is 9. The maximum Gasteiger partial charge on any atom is 0.355 e. The minimum Gasteiger partial charge on any atom is -0.459 e. The third-order valence-electron chi connectivity index (χ3n) is 3.57. The first-order valence-electron chi connectivity index (χ1n) is 8.29. The van der Waals surface area contributed by atoms with Gasteiger partial charge < -0.3 is 19.4 Å². The predicted molar refractivity (Wildman–Crippen MR) is 98.1 cm³/mol. The van der Waals surface area contributed by atoms with Gasteiger partial charge in [-0.3, -0.25) is 4.79 Å². The summed E-state index contributed by atoms with van der Waals surface area (Å²) in [6, 6.07) is 0. The molecule has 0 atom stereocenters. The van der Waals surface area contributed by atoms with Gasteiger partial charge in [-0.2, -0.15) is 0 Å². The summed E-state index contributed by atoms with van der Waals surface area (Å²) in [6.45, 7) is 14.2. The molecule has 7 nitrogen and oxygen atoms in total. The van der Waals surface area contributed by atoms with Gasteiger partial charge in [-0.25, -0.2) is 9.59 Å². The number of nitrogens with one attached hydrogen (secondary N) is 1. The number of amides is 1. The topological polar surface area (TPSA) is 88.7 Å². The molecule has 0 radical (unpaired) electrons. The molecule has 0 unspecified atom stereocenters. The number of nitrogens with zero attached hydrogens (tertiary/aromatic N) is 1. The number of ether oxygens (including phenoxy) is 2. The van der Waals surface area contributed by atoms with Crippen LogP contribution < -0.4 is 0 Å². The monoisotopic (exact) mass is 362 g/mol. The standard InChI is InChI=1S/C19H26N2O5/c1-7-9-21(10-8-2)15(22)11-25-19(24)17-13(5)16(14(6)20-17)18(23)26-12(3)4/h7-8,12,20H,1-2,9-11H2,3-6H3. The van der Waals surface area contributed by atoms with Gasteiger partial charge in [0.05, 0.1) is 11.7 Å². The highest BCUT2D eigenvalue weighted by Crippen LogP contribution is 2.20. The lowest BCUT2D eigenvalue weighted by Gasteiger charge is -2.18. The summed E-state index contributed by atoms with van der Waals surface area (Å²) in [4.78, 5) is 40.9. The van der Waals surface area contributed by atoms with Crippen LogP contribution in [0.1, 0.15) is 46.0 Å². The highest BCUT2D eigenvalue weighted by atomic mass is 16.5. The van der Waals surface area contributed by atoms with Crippen LogP contribution in [-0.2, 0) is 14.3 Å². The molecule has 0 saturated carbocycles. The Kier molecular flexibility index (Phi) is 7.83. The fourth-order valence-corrected chi connectivity index (χ4v) is 2.41. The Hall–Kier alpha value is -2.83.